The molecular weight excluding hydrogens is 133 g/mol. The van der Waals surface area contributed by atoms with Gasteiger partial charge in [0.25, 0.3) is 0 Å². The number of hydrogen-bond acceptors (Lipinski definition) is 5. The fourth-order valence-electron chi connectivity index (χ4n) is 0.196. The van der Waals surface area contributed by atoms with Gasteiger partial charge in [-0.1, -0.05) is 0 Å². The zero-order valence-electron chi connectivity index (χ0n) is 4.24. The van der Waals surface area contributed by atoms with Gasteiger partial charge < -0.3 is 0 Å². The molecular formula is C2H10NO4P. The zero-order chi connectivity index (χ0) is 6.62. The molecule has 0 aromatic carbocycles. The molecule has 0 radical (unpaired) electrons. The SMILES string of the molecule is NCCO[PH](O)(O)O. The van der Waals surface area contributed by atoms with E-state index in [4.69, 9.17) is 20.4 Å². The minimum absolute atomic E-state index is 0.0320. The molecule has 0 aromatic heterocycles. The average Bonchev–Trinajstić information content (AvgIpc) is 1.59. The van der Waals surface area contributed by atoms with Crippen molar-refractivity contribution in [3.05, 3.63) is 0 Å². The van der Waals surface area contributed by atoms with Crippen LogP contribution in [0.1, 0.15) is 0 Å². The second-order valence-electron chi connectivity index (χ2n) is 1.21. The van der Waals surface area contributed by atoms with Gasteiger partial charge in [-0.25, -0.2) is 0 Å². The fraction of sp³-hybridized carbons (Fsp3) is 1.00. The van der Waals surface area contributed by atoms with E-state index < -0.39 is 8.17 Å². The third kappa shape index (κ3) is 6.23. The Morgan fingerprint density at radius 3 is 2.00 bits per heavy atom. The van der Waals surface area contributed by atoms with Gasteiger partial charge in [0.1, 0.15) is 0 Å². The van der Waals surface area contributed by atoms with Gasteiger partial charge in [0.2, 0.25) is 0 Å². The number of hydrogen-bond donors (Lipinski definition) is 4. The van der Waals surface area contributed by atoms with Crippen LogP contribution < -0.4 is 5.73 Å². The van der Waals surface area contributed by atoms with Gasteiger partial charge in [0.15, 0.2) is 0 Å². The van der Waals surface area contributed by atoms with Crippen molar-refractivity contribution in [1.29, 1.82) is 0 Å². The molecule has 0 aromatic rings. The molecule has 5 nitrogen and oxygen atoms in total. The summed E-state index contributed by atoms with van der Waals surface area (Å²) in [6.07, 6.45) is 0. The van der Waals surface area contributed by atoms with Crippen molar-refractivity contribution < 1.29 is 19.2 Å². The summed E-state index contributed by atoms with van der Waals surface area (Å²) in [7, 11) is -4.26. The van der Waals surface area contributed by atoms with Gasteiger partial charge in [-0.05, 0) is 0 Å². The van der Waals surface area contributed by atoms with Crippen LogP contribution in [0.5, 0.6) is 0 Å². The van der Waals surface area contributed by atoms with Crippen LogP contribution in [-0.2, 0) is 4.52 Å². The Balaban J connectivity index is 3.11. The Morgan fingerprint density at radius 1 is 1.38 bits per heavy atom. The topological polar surface area (TPSA) is 95.9 Å². The molecule has 6 heteroatoms. The first kappa shape index (κ1) is 8.23. The number of rotatable bonds is 3. The monoisotopic (exact) mass is 143 g/mol. The first-order valence-corrected chi connectivity index (χ1v) is 3.82. The van der Waals surface area contributed by atoms with E-state index in [1.54, 1.807) is 0 Å². The molecule has 0 rings (SSSR count). The van der Waals surface area contributed by atoms with Crippen LogP contribution in [0.3, 0.4) is 0 Å². The van der Waals surface area contributed by atoms with Crippen LogP contribution in [0, 0.1) is 0 Å². The summed E-state index contributed by atoms with van der Waals surface area (Å²) in [6, 6.07) is 0. The molecule has 0 unspecified atom stereocenters. The summed E-state index contributed by atoms with van der Waals surface area (Å²) in [5.41, 5.74) is 4.90. The summed E-state index contributed by atoms with van der Waals surface area (Å²) in [5, 5.41) is 0. The Labute approximate surface area is 47.4 Å². The molecule has 0 saturated carbocycles. The quantitative estimate of drug-likeness (QED) is 0.355. The van der Waals surface area contributed by atoms with E-state index in [1.807, 2.05) is 0 Å². The van der Waals surface area contributed by atoms with Crippen molar-refractivity contribution in [2.75, 3.05) is 13.2 Å². The molecule has 8 heavy (non-hydrogen) atoms. The van der Waals surface area contributed by atoms with Gasteiger partial charge in [-0.15, -0.1) is 0 Å². The van der Waals surface area contributed by atoms with Crippen molar-refractivity contribution in [3.8, 4) is 0 Å². The molecule has 0 saturated heterocycles. The Morgan fingerprint density at radius 2 is 1.88 bits per heavy atom. The Hall–Kier alpha value is 0.230. The van der Waals surface area contributed by atoms with E-state index in [1.165, 1.54) is 0 Å². The van der Waals surface area contributed by atoms with Gasteiger partial charge >= 0.3 is 46.3 Å². The molecule has 0 atom stereocenters. The summed E-state index contributed by atoms with van der Waals surface area (Å²) in [4.78, 5) is 24.4. The Kier molecular flexibility index (Phi) is 3.39. The van der Waals surface area contributed by atoms with Crippen molar-refractivity contribution in [1.82, 2.24) is 0 Å². The molecule has 0 spiro atoms. The normalized spacial score (nSPS) is 14.0. The van der Waals surface area contributed by atoms with Crippen molar-refractivity contribution in [3.63, 3.8) is 0 Å². The molecule has 0 fully saturated rings. The molecule has 0 heterocycles. The van der Waals surface area contributed by atoms with E-state index in [-0.39, 0.29) is 13.2 Å². The van der Waals surface area contributed by atoms with Crippen LogP contribution in [0.15, 0.2) is 0 Å². The van der Waals surface area contributed by atoms with E-state index in [0.717, 1.165) is 0 Å². The predicted molar refractivity (Wildman–Crippen MR) is 30.0 cm³/mol. The number of nitrogens with two attached hydrogens (primary N) is 1. The molecule has 0 aliphatic rings. The van der Waals surface area contributed by atoms with E-state index >= 15 is 0 Å². The van der Waals surface area contributed by atoms with Crippen LogP contribution >= 0.6 is 8.17 Å². The summed E-state index contributed by atoms with van der Waals surface area (Å²) < 4.78 is 4.06. The second-order valence-corrected chi connectivity index (χ2v) is 2.65. The molecule has 0 aliphatic carbocycles. The third-order valence-electron chi connectivity index (χ3n) is 0.414. The molecule has 0 amide bonds. The van der Waals surface area contributed by atoms with Crippen LogP contribution in [0.4, 0.5) is 0 Å². The molecule has 0 bridgehead atoms. The molecule has 0 aliphatic heterocycles. The van der Waals surface area contributed by atoms with Crippen LogP contribution in [0.25, 0.3) is 0 Å². The van der Waals surface area contributed by atoms with Gasteiger partial charge in [-0.2, -0.15) is 0 Å². The maximum atomic E-state index is 8.12. The summed E-state index contributed by atoms with van der Waals surface area (Å²) in [5.74, 6) is 0. The van der Waals surface area contributed by atoms with Gasteiger partial charge in [0.05, 0.1) is 0 Å². The standard InChI is InChI=1S/C2H10NO4P/c3-1-2-7-8(4,5)6/h4-6,8H,1-3H2. The summed E-state index contributed by atoms with van der Waals surface area (Å²) >= 11 is 0. The summed E-state index contributed by atoms with van der Waals surface area (Å²) in [6.45, 7) is 0.131. The maximum absolute atomic E-state index is 8.12. The van der Waals surface area contributed by atoms with Gasteiger partial charge in [-0.3, -0.25) is 0 Å². The minimum atomic E-state index is -4.26. The predicted octanol–water partition coefficient (Wildman–Crippen LogP) is -1.65. The second kappa shape index (κ2) is 3.29. The van der Waals surface area contributed by atoms with Crippen LogP contribution in [-0.4, -0.2) is 27.8 Å². The molecule has 52 valence electrons. The first-order valence-electron chi connectivity index (χ1n) is 2.07. The Bertz CT molecular complexity index is 61.5. The first-order chi connectivity index (χ1) is 3.56. The van der Waals surface area contributed by atoms with Crippen molar-refractivity contribution >= 4 is 8.17 Å². The van der Waals surface area contributed by atoms with Crippen molar-refractivity contribution in [2.24, 2.45) is 5.73 Å². The van der Waals surface area contributed by atoms with Crippen molar-refractivity contribution in [2.45, 2.75) is 0 Å². The zero-order valence-corrected chi connectivity index (χ0v) is 5.24. The third-order valence-corrected chi connectivity index (χ3v) is 1.00. The van der Waals surface area contributed by atoms with E-state index in [0.29, 0.717) is 0 Å². The van der Waals surface area contributed by atoms with E-state index in [9.17, 15) is 0 Å². The average molecular weight is 143 g/mol. The van der Waals surface area contributed by atoms with Gasteiger partial charge in [0, 0.05) is 0 Å². The van der Waals surface area contributed by atoms with Crippen LogP contribution in [0.2, 0.25) is 0 Å². The fourth-order valence-corrected chi connectivity index (χ4v) is 0.588. The molecule has 5 N–H and O–H groups in total. The van der Waals surface area contributed by atoms with E-state index in [2.05, 4.69) is 4.52 Å².